The van der Waals surface area contributed by atoms with Crippen molar-refractivity contribution in [2.45, 2.75) is 32.7 Å². The van der Waals surface area contributed by atoms with E-state index in [1.54, 1.807) is 11.3 Å². The van der Waals surface area contributed by atoms with Crippen LogP contribution in [0, 0.1) is 6.92 Å². The van der Waals surface area contributed by atoms with Gasteiger partial charge in [0.05, 0.1) is 24.6 Å². The SMILES string of the molecule is Cc1ccc(-c2nc(CC(=O)N[C@@H](C)c3ccc4c(c3)CC(=O)N4)cs2)cc1. The minimum Gasteiger partial charge on any atom is -0.349 e. The number of hydrogen-bond acceptors (Lipinski definition) is 4. The summed E-state index contributed by atoms with van der Waals surface area (Å²) in [6.45, 7) is 4.00. The van der Waals surface area contributed by atoms with Crippen molar-refractivity contribution in [3.63, 3.8) is 0 Å². The summed E-state index contributed by atoms with van der Waals surface area (Å²) in [6.07, 6.45) is 0.641. The Kier molecular flexibility index (Phi) is 4.96. The summed E-state index contributed by atoms with van der Waals surface area (Å²) in [5.41, 5.74) is 5.87. The van der Waals surface area contributed by atoms with E-state index in [9.17, 15) is 9.59 Å². The second-order valence-corrected chi connectivity index (χ2v) is 7.98. The zero-order valence-electron chi connectivity index (χ0n) is 15.8. The minimum atomic E-state index is -0.135. The second kappa shape index (κ2) is 7.56. The van der Waals surface area contributed by atoms with Crippen LogP contribution in [0.2, 0.25) is 0 Å². The third-order valence-electron chi connectivity index (χ3n) is 4.82. The number of carbonyl (C=O) groups excluding carboxylic acids is 2. The van der Waals surface area contributed by atoms with Gasteiger partial charge in [-0.1, -0.05) is 42.0 Å². The molecule has 0 aliphatic carbocycles. The Morgan fingerprint density at radius 2 is 2.04 bits per heavy atom. The van der Waals surface area contributed by atoms with Crippen molar-refractivity contribution in [3.8, 4) is 10.6 Å². The summed E-state index contributed by atoms with van der Waals surface area (Å²) in [5.74, 6) is -0.0558. The molecule has 1 atom stereocenters. The molecule has 4 rings (SSSR count). The van der Waals surface area contributed by atoms with Crippen LogP contribution in [-0.2, 0) is 22.4 Å². The van der Waals surface area contributed by atoms with Crippen molar-refractivity contribution in [1.82, 2.24) is 10.3 Å². The Morgan fingerprint density at radius 3 is 2.82 bits per heavy atom. The van der Waals surface area contributed by atoms with Crippen molar-refractivity contribution in [2.24, 2.45) is 0 Å². The molecule has 0 unspecified atom stereocenters. The van der Waals surface area contributed by atoms with E-state index in [-0.39, 0.29) is 24.3 Å². The number of hydrogen-bond donors (Lipinski definition) is 2. The molecule has 0 radical (unpaired) electrons. The Bertz CT molecular complexity index is 1040. The van der Waals surface area contributed by atoms with E-state index in [4.69, 9.17) is 0 Å². The smallest absolute Gasteiger partial charge is 0.228 e. The first-order valence-corrected chi connectivity index (χ1v) is 10.1. The molecule has 2 N–H and O–H groups in total. The van der Waals surface area contributed by atoms with Crippen LogP contribution in [0.1, 0.15) is 35.3 Å². The number of nitrogens with one attached hydrogen (secondary N) is 2. The summed E-state index contributed by atoms with van der Waals surface area (Å²) < 4.78 is 0. The molecular formula is C22H21N3O2S. The average molecular weight is 391 g/mol. The third kappa shape index (κ3) is 3.97. The van der Waals surface area contributed by atoms with Gasteiger partial charge in [0, 0.05) is 16.6 Å². The normalized spacial score (nSPS) is 13.7. The standard InChI is InChI=1S/C22H21N3O2S/c1-13-3-5-15(6-4-13)22-24-18(12-28-22)11-21(27)23-14(2)16-7-8-19-17(9-16)10-20(26)25-19/h3-9,12,14H,10-11H2,1-2H3,(H,23,27)(H,25,26)/t14-/m0/s1. The highest BCUT2D eigenvalue weighted by Gasteiger charge is 2.19. The fourth-order valence-corrected chi connectivity index (χ4v) is 4.10. The summed E-state index contributed by atoms with van der Waals surface area (Å²) in [5, 5.41) is 8.71. The van der Waals surface area contributed by atoms with Gasteiger partial charge in [0.2, 0.25) is 11.8 Å². The molecule has 0 spiro atoms. The fraction of sp³-hybridized carbons (Fsp3) is 0.227. The van der Waals surface area contributed by atoms with Crippen LogP contribution in [0.15, 0.2) is 47.8 Å². The summed E-state index contributed by atoms with van der Waals surface area (Å²) in [4.78, 5) is 28.6. The fourth-order valence-electron chi connectivity index (χ4n) is 3.28. The predicted molar refractivity (Wildman–Crippen MR) is 111 cm³/mol. The molecule has 0 bridgehead atoms. The Labute approximate surface area is 167 Å². The van der Waals surface area contributed by atoms with Gasteiger partial charge in [-0.25, -0.2) is 4.98 Å². The first-order chi connectivity index (χ1) is 13.5. The number of aryl methyl sites for hydroxylation is 1. The first-order valence-electron chi connectivity index (χ1n) is 9.21. The largest absolute Gasteiger partial charge is 0.349 e. The molecule has 1 aliphatic heterocycles. The number of amides is 2. The van der Waals surface area contributed by atoms with Crippen molar-refractivity contribution < 1.29 is 9.59 Å². The third-order valence-corrected chi connectivity index (χ3v) is 5.76. The highest BCUT2D eigenvalue weighted by atomic mass is 32.1. The lowest BCUT2D eigenvalue weighted by molar-refractivity contribution is -0.121. The molecule has 2 amide bonds. The van der Waals surface area contributed by atoms with Gasteiger partial charge in [-0.05, 0) is 31.0 Å². The van der Waals surface area contributed by atoms with Crippen LogP contribution in [0.3, 0.4) is 0 Å². The van der Waals surface area contributed by atoms with Crippen molar-refractivity contribution in [2.75, 3.05) is 5.32 Å². The van der Waals surface area contributed by atoms with Gasteiger partial charge in [0.15, 0.2) is 0 Å². The zero-order chi connectivity index (χ0) is 19.7. The van der Waals surface area contributed by atoms with Gasteiger partial charge in [0.1, 0.15) is 5.01 Å². The topological polar surface area (TPSA) is 71.1 Å². The molecule has 5 nitrogen and oxygen atoms in total. The number of carbonyl (C=O) groups is 2. The van der Waals surface area contributed by atoms with Gasteiger partial charge in [-0.3, -0.25) is 9.59 Å². The first kappa shape index (κ1) is 18.4. The van der Waals surface area contributed by atoms with Crippen LogP contribution in [0.4, 0.5) is 5.69 Å². The van der Waals surface area contributed by atoms with Crippen molar-refractivity contribution in [3.05, 3.63) is 70.2 Å². The highest BCUT2D eigenvalue weighted by Crippen LogP contribution is 2.27. The van der Waals surface area contributed by atoms with Crippen molar-refractivity contribution in [1.29, 1.82) is 0 Å². The van der Waals surface area contributed by atoms with E-state index in [0.29, 0.717) is 6.42 Å². The van der Waals surface area contributed by atoms with Crippen LogP contribution in [-0.4, -0.2) is 16.8 Å². The van der Waals surface area contributed by atoms with Crippen LogP contribution < -0.4 is 10.6 Å². The molecule has 2 aromatic carbocycles. The monoisotopic (exact) mass is 391 g/mol. The molecule has 1 aromatic heterocycles. The maximum Gasteiger partial charge on any atom is 0.228 e. The molecule has 6 heteroatoms. The number of benzene rings is 2. The summed E-state index contributed by atoms with van der Waals surface area (Å²) in [7, 11) is 0. The molecule has 2 heterocycles. The van der Waals surface area contributed by atoms with Gasteiger partial charge >= 0.3 is 0 Å². The maximum atomic E-state index is 12.5. The lowest BCUT2D eigenvalue weighted by atomic mass is 10.0. The number of aromatic nitrogens is 1. The summed E-state index contributed by atoms with van der Waals surface area (Å²) in [6, 6.07) is 13.9. The average Bonchev–Trinajstić information content (AvgIpc) is 3.27. The molecule has 0 saturated heterocycles. The van der Waals surface area contributed by atoms with Gasteiger partial charge < -0.3 is 10.6 Å². The minimum absolute atomic E-state index is 0.0109. The van der Waals surface area contributed by atoms with E-state index < -0.39 is 0 Å². The van der Waals surface area contributed by atoms with Crippen LogP contribution in [0.5, 0.6) is 0 Å². The van der Waals surface area contributed by atoms with E-state index in [1.165, 1.54) is 5.56 Å². The van der Waals surface area contributed by atoms with E-state index in [1.807, 2.05) is 42.6 Å². The molecular weight excluding hydrogens is 370 g/mol. The summed E-state index contributed by atoms with van der Waals surface area (Å²) >= 11 is 1.55. The number of nitrogens with zero attached hydrogens (tertiary/aromatic N) is 1. The number of thiazole rings is 1. The Hall–Kier alpha value is -2.99. The molecule has 1 aliphatic rings. The predicted octanol–water partition coefficient (Wildman–Crippen LogP) is 4.03. The van der Waals surface area contributed by atoms with E-state index in [2.05, 4.69) is 34.7 Å². The Morgan fingerprint density at radius 1 is 1.25 bits per heavy atom. The Balaban J connectivity index is 1.39. The second-order valence-electron chi connectivity index (χ2n) is 7.12. The van der Waals surface area contributed by atoms with Gasteiger partial charge in [-0.15, -0.1) is 11.3 Å². The van der Waals surface area contributed by atoms with Crippen molar-refractivity contribution >= 4 is 28.8 Å². The molecule has 142 valence electrons. The number of fused-ring (bicyclic) bond motifs is 1. The van der Waals surface area contributed by atoms with E-state index in [0.717, 1.165) is 33.1 Å². The van der Waals surface area contributed by atoms with Crippen LogP contribution in [0.25, 0.3) is 10.6 Å². The zero-order valence-corrected chi connectivity index (χ0v) is 16.6. The maximum absolute atomic E-state index is 12.5. The number of anilines is 1. The lowest BCUT2D eigenvalue weighted by Crippen LogP contribution is -2.28. The van der Waals surface area contributed by atoms with Gasteiger partial charge in [-0.2, -0.15) is 0 Å². The lowest BCUT2D eigenvalue weighted by Gasteiger charge is -2.15. The molecule has 28 heavy (non-hydrogen) atoms. The molecule has 0 fully saturated rings. The van der Waals surface area contributed by atoms with Gasteiger partial charge in [0.25, 0.3) is 0 Å². The molecule has 3 aromatic rings. The highest BCUT2D eigenvalue weighted by molar-refractivity contribution is 7.13. The van der Waals surface area contributed by atoms with E-state index >= 15 is 0 Å². The van der Waals surface area contributed by atoms with Crippen LogP contribution >= 0.6 is 11.3 Å². The molecule has 0 saturated carbocycles. The quantitative estimate of drug-likeness (QED) is 0.690. The number of rotatable bonds is 5.